The van der Waals surface area contributed by atoms with E-state index in [1.54, 1.807) is 26.3 Å². The van der Waals surface area contributed by atoms with Gasteiger partial charge in [0.2, 0.25) is 11.8 Å². The maximum atomic E-state index is 13.0. The normalized spacial score (nSPS) is 16.0. The minimum atomic E-state index is -2.75. The van der Waals surface area contributed by atoms with Crippen molar-refractivity contribution in [3.05, 3.63) is 48.5 Å². The number of nitrogens with zero attached hydrogens (tertiary/aromatic N) is 2. The van der Waals surface area contributed by atoms with Gasteiger partial charge >= 0.3 is 0 Å². The van der Waals surface area contributed by atoms with Crippen LogP contribution in [0.4, 0.5) is 14.5 Å². The van der Waals surface area contributed by atoms with Gasteiger partial charge in [0.05, 0.1) is 30.8 Å². The summed E-state index contributed by atoms with van der Waals surface area (Å²) in [7, 11) is 3.28. The number of ether oxygens (including phenoxy) is 2. The van der Waals surface area contributed by atoms with Gasteiger partial charge in [-0.1, -0.05) is 0 Å². The molecule has 1 N–H and O–H groups in total. The molecule has 1 amide bonds. The quantitative estimate of drug-likeness (QED) is 0.508. The molecule has 34 heavy (non-hydrogen) atoms. The van der Waals surface area contributed by atoms with Gasteiger partial charge in [-0.25, -0.2) is 13.8 Å². The monoisotopic (exact) mass is 469 g/mol. The number of rotatable bonds is 8. The molecular formula is C26H29F2N3O3. The highest BCUT2D eigenvalue weighted by Crippen LogP contribution is 2.36. The number of amides is 1. The van der Waals surface area contributed by atoms with Gasteiger partial charge in [-0.3, -0.25) is 4.79 Å². The van der Waals surface area contributed by atoms with E-state index in [0.717, 1.165) is 47.7 Å². The summed E-state index contributed by atoms with van der Waals surface area (Å²) in [5, 5.41) is 3.74. The second-order valence-corrected chi connectivity index (χ2v) is 8.65. The summed E-state index contributed by atoms with van der Waals surface area (Å²) in [6, 6.07) is 15.1. The maximum absolute atomic E-state index is 13.0. The summed E-state index contributed by atoms with van der Waals surface area (Å²) in [6.45, 7) is 2.24. The Morgan fingerprint density at radius 1 is 1.18 bits per heavy atom. The Morgan fingerprint density at radius 3 is 2.59 bits per heavy atom. The number of anilines is 1. The van der Waals surface area contributed by atoms with Crippen LogP contribution in [-0.4, -0.2) is 50.7 Å². The van der Waals surface area contributed by atoms with Crippen molar-refractivity contribution < 1.29 is 23.0 Å². The molecule has 2 aromatic carbocycles. The Bertz CT molecular complexity index is 1160. The SMILES string of the molecule is CNC(=O)[C@H]1CCN(c2cc(-c3ccc(OCCC(C)(F)F)cc3)nc3cc(OC)ccc23)C1. The van der Waals surface area contributed by atoms with E-state index in [0.29, 0.717) is 18.0 Å². The molecule has 1 aromatic heterocycles. The molecule has 0 spiro atoms. The Balaban J connectivity index is 1.64. The number of aromatic nitrogens is 1. The summed E-state index contributed by atoms with van der Waals surface area (Å²) >= 11 is 0. The van der Waals surface area contributed by atoms with Crippen LogP contribution in [-0.2, 0) is 4.79 Å². The summed E-state index contributed by atoms with van der Waals surface area (Å²) in [6.07, 6.45) is 0.455. The highest BCUT2D eigenvalue weighted by Gasteiger charge is 2.29. The van der Waals surface area contributed by atoms with Crippen LogP contribution in [0.2, 0.25) is 0 Å². The van der Waals surface area contributed by atoms with Gasteiger partial charge in [0.25, 0.3) is 0 Å². The number of methoxy groups -OCH3 is 1. The van der Waals surface area contributed by atoms with Gasteiger partial charge < -0.3 is 19.7 Å². The van der Waals surface area contributed by atoms with Crippen LogP contribution in [0.25, 0.3) is 22.2 Å². The fourth-order valence-electron chi connectivity index (χ4n) is 4.19. The van der Waals surface area contributed by atoms with Gasteiger partial charge in [0, 0.05) is 49.3 Å². The van der Waals surface area contributed by atoms with Crippen molar-refractivity contribution in [3.8, 4) is 22.8 Å². The number of benzene rings is 2. The Morgan fingerprint density at radius 2 is 1.91 bits per heavy atom. The largest absolute Gasteiger partial charge is 0.497 e. The first-order chi connectivity index (χ1) is 16.3. The predicted molar refractivity (Wildman–Crippen MR) is 129 cm³/mol. The Hall–Kier alpha value is -3.42. The van der Waals surface area contributed by atoms with Gasteiger partial charge in [-0.2, -0.15) is 0 Å². The standard InChI is InChI=1S/C26H29F2N3O3/c1-26(27,28)11-13-34-19-6-4-17(5-7-19)22-15-24(31-12-10-18(16-31)25(32)29-2)21-9-8-20(33-3)14-23(21)30-22/h4-9,14-15,18H,10-13,16H2,1-3H3,(H,29,32)/t18-/m0/s1. The highest BCUT2D eigenvalue weighted by atomic mass is 19.3. The molecule has 4 rings (SSSR count). The molecule has 8 heteroatoms. The fourth-order valence-corrected chi connectivity index (χ4v) is 4.19. The average Bonchev–Trinajstić information content (AvgIpc) is 3.32. The smallest absolute Gasteiger partial charge is 0.248 e. The van der Waals surface area contributed by atoms with Crippen molar-refractivity contribution in [2.24, 2.45) is 5.92 Å². The first-order valence-corrected chi connectivity index (χ1v) is 11.3. The van der Waals surface area contributed by atoms with E-state index in [1.165, 1.54) is 0 Å². The third-order valence-electron chi connectivity index (χ3n) is 6.10. The molecule has 0 saturated carbocycles. The molecule has 1 aliphatic rings. The number of alkyl halides is 2. The molecule has 6 nitrogen and oxygen atoms in total. The van der Waals surface area contributed by atoms with Crippen LogP contribution in [0.15, 0.2) is 48.5 Å². The van der Waals surface area contributed by atoms with Crippen LogP contribution >= 0.6 is 0 Å². The number of halogens is 2. The molecule has 0 unspecified atom stereocenters. The number of carbonyl (C=O) groups is 1. The summed E-state index contributed by atoms with van der Waals surface area (Å²) in [4.78, 5) is 19.2. The summed E-state index contributed by atoms with van der Waals surface area (Å²) in [5.41, 5.74) is 3.45. The molecule has 0 bridgehead atoms. The molecule has 1 saturated heterocycles. The highest BCUT2D eigenvalue weighted by molar-refractivity contribution is 5.95. The van der Waals surface area contributed by atoms with E-state index < -0.39 is 5.92 Å². The molecular weight excluding hydrogens is 440 g/mol. The summed E-state index contributed by atoms with van der Waals surface area (Å²) < 4.78 is 36.9. The predicted octanol–water partition coefficient (Wildman–Crippen LogP) is 4.91. The fraction of sp³-hybridized carbons (Fsp3) is 0.385. The van der Waals surface area contributed by atoms with Crippen molar-refractivity contribution in [1.82, 2.24) is 10.3 Å². The zero-order valence-electron chi connectivity index (χ0n) is 19.6. The maximum Gasteiger partial charge on any atom is 0.248 e. The van der Waals surface area contributed by atoms with Crippen molar-refractivity contribution in [1.29, 1.82) is 0 Å². The van der Waals surface area contributed by atoms with Gasteiger partial charge in [-0.05, 0) is 55.8 Å². The first-order valence-electron chi connectivity index (χ1n) is 11.3. The lowest BCUT2D eigenvalue weighted by molar-refractivity contribution is -0.123. The van der Waals surface area contributed by atoms with E-state index in [2.05, 4.69) is 10.2 Å². The van der Waals surface area contributed by atoms with E-state index in [9.17, 15) is 13.6 Å². The second kappa shape index (κ2) is 9.83. The second-order valence-electron chi connectivity index (χ2n) is 8.65. The van der Waals surface area contributed by atoms with Crippen molar-refractivity contribution in [2.75, 3.05) is 38.8 Å². The molecule has 1 fully saturated rings. The first kappa shape index (κ1) is 23.7. The van der Waals surface area contributed by atoms with Crippen LogP contribution < -0.4 is 19.7 Å². The minimum Gasteiger partial charge on any atom is -0.497 e. The minimum absolute atomic E-state index is 0.0531. The molecule has 1 atom stereocenters. The molecule has 0 aliphatic carbocycles. The lowest BCUT2D eigenvalue weighted by atomic mass is 10.1. The number of pyridine rings is 1. The number of fused-ring (bicyclic) bond motifs is 1. The van der Waals surface area contributed by atoms with Gasteiger partial charge in [-0.15, -0.1) is 0 Å². The van der Waals surface area contributed by atoms with Crippen molar-refractivity contribution in [3.63, 3.8) is 0 Å². The number of hydrogen-bond acceptors (Lipinski definition) is 5. The van der Waals surface area contributed by atoms with E-state index in [-0.39, 0.29) is 24.9 Å². The van der Waals surface area contributed by atoms with E-state index in [4.69, 9.17) is 14.5 Å². The van der Waals surface area contributed by atoms with Crippen LogP contribution in [0.5, 0.6) is 11.5 Å². The Labute approximate surface area is 197 Å². The molecule has 0 radical (unpaired) electrons. The molecule has 3 aromatic rings. The number of carbonyl (C=O) groups excluding carboxylic acids is 1. The van der Waals surface area contributed by atoms with Crippen molar-refractivity contribution >= 4 is 22.5 Å². The van der Waals surface area contributed by atoms with Crippen molar-refractivity contribution in [2.45, 2.75) is 25.7 Å². The molecule has 1 aliphatic heterocycles. The Kier molecular flexibility index (Phi) is 6.86. The number of nitrogens with one attached hydrogen (secondary N) is 1. The number of hydrogen-bond donors (Lipinski definition) is 1. The van der Waals surface area contributed by atoms with E-state index >= 15 is 0 Å². The topological polar surface area (TPSA) is 63.7 Å². The average molecular weight is 470 g/mol. The van der Waals surface area contributed by atoms with Crippen LogP contribution in [0.1, 0.15) is 19.8 Å². The molecule has 2 heterocycles. The third-order valence-corrected chi connectivity index (χ3v) is 6.10. The lowest BCUT2D eigenvalue weighted by Crippen LogP contribution is -2.30. The van der Waals surface area contributed by atoms with Gasteiger partial charge in [0.15, 0.2) is 0 Å². The zero-order chi connectivity index (χ0) is 24.3. The van der Waals surface area contributed by atoms with Crippen LogP contribution in [0, 0.1) is 5.92 Å². The van der Waals surface area contributed by atoms with Crippen LogP contribution in [0.3, 0.4) is 0 Å². The molecule has 180 valence electrons. The summed E-state index contributed by atoms with van der Waals surface area (Å²) in [5.74, 6) is -1.51. The third kappa shape index (κ3) is 5.38. The lowest BCUT2D eigenvalue weighted by Gasteiger charge is -2.22. The van der Waals surface area contributed by atoms with E-state index in [1.807, 2.05) is 36.4 Å². The zero-order valence-corrected chi connectivity index (χ0v) is 19.6. The van der Waals surface area contributed by atoms with Gasteiger partial charge in [0.1, 0.15) is 11.5 Å².